The molecule has 2 heterocycles. The van der Waals surface area contributed by atoms with Crippen LogP contribution in [0.4, 0.5) is 0 Å². The molecule has 0 bridgehead atoms. The molecule has 0 unspecified atom stereocenters. The van der Waals surface area contributed by atoms with E-state index in [0.29, 0.717) is 12.3 Å². The highest BCUT2D eigenvalue weighted by molar-refractivity contribution is 6.31. The molecule has 0 aromatic carbocycles. The van der Waals surface area contributed by atoms with Crippen molar-refractivity contribution in [3.8, 4) is 0 Å². The summed E-state index contributed by atoms with van der Waals surface area (Å²) in [5.41, 5.74) is 1.90. The minimum Gasteiger partial charge on any atom is -0.298 e. The molecule has 2 rings (SSSR count). The van der Waals surface area contributed by atoms with Crippen molar-refractivity contribution >= 4 is 17.4 Å². The molecule has 1 saturated heterocycles. The van der Waals surface area contributed by atoms with E-state index in [1.54, 1.807) is 0 Å². The molecule has 5 heteroatoms. The molecule has 0 N–H and O–H groups in total. The monoisotopic (exact) mass is 255 g/mol. The molecule has 94 valence electrons. The van der Waals surface area contributed by atoms with Crippen LogP contribution in [0.2, 0.25) is 5.02 Å². The summed E-state index contributed by atoms with van der Waals surface area (Å²) in [5, 5.41) is 5.13. The summed E-state index contributed by atoms with van der Waals surface area (Å²) < 4.78 is 1.93. The van der Waals surface area contributed by atoms with Gasteiger partial charge in [-0.25, -0.2) is 0 Å². The van der Waals surface area contributed by atoms with Gasteiger partial charge in [-0.3, -0.25) is 14.4 Å². The third-order valence-electron chi connectivity index (χ3n) is 3.16. The average molecular weight is 256 g/mol. The van der Waals surface area contributed by atoms with E-state index >= 15 is 0 Å². The van der Waals surface area contributed by atoms with Gasteiger partial charge >= 0.3 is 0 Å². The summed E-state index contributed by atoms with van der Waals surface area (Å²) in [5.74, 6) is 0.326. The van der Waals surface area contributed by atoms with Crippen LogP contribution in [0.3, 0.4) is 0 Å². The first-order valence-electron chi connectivity index (χ1n) is 6.07. The van der Waals surface area contributed by atoms with Crippen molar-refractivity contribution in [3.05, 3.63) is 16.4 Å². The number of carbonyl (C=O) groups excluding carboxylic acids is 1. The lowest BCUT2D eigenvalue weighted by molar-refractivity contribution is -0.122. The van der Waals surface area contributed by atoms with Crippen molar-refractivity contribution < 1.29 is 4.79 Å². The predicted octanol–water partition coefficient (Wildman–Crippen LogP) is 2.03. The Balaban J connectivity index is 2.14. The lowest BCUT2D eigenvalue weighted by Gasteiger charge is -2.25. The molecule has 17 heavy (non-hydrogen) atoms. The van der Waals surface area contributed by atoms with E-state index in [0.717, 1.165) is 48.9 Å². The molecule has 1 aliphatic rings. The van der Waals surface area contributed by atoms with Gasteiger partial charge in [-0.2, -0.15) is 5.10 Å². The first-order chi connectivity index (χ1) is 8.11. The summed E-state index contributed by atoms with van der Waals surface area (Å²) in [6.45, 7) is 7.01. The van der Waals surface area contributed by atoms with Crippen LogP contribution in [0.25, 0.3) is 0 Å². The van der Waals surface area contributed by atoms with Crippen molar-refractivity contribution in [2.45, 2.75) is 39.8 Å². The largest absolute Gasteiger partial charge is 0.298 e. The number of Topliss-reactive ketones (excluding diaryl/α,β-unsaturated/α-hetero) is 1. The van der Waals surface area contributed by atoms with Crippen LogP contribution in [-0.2, 0) is 17.9 Å². The number of aryl methyl sites for hydroxylation is 2. The van der Waals surface area contributed by atoms with Gasteiger partial charge in [0.1, 0.15) is 5.78 Å². The summed E-state index contributed by atoms with van der Waals surface area (Å²) >= 11 is 6.25. The zero-order chi connectivity index (χ0) is 12.4. The molecule has 0 radical (unpaired) electrons. The van der Waals surface area contributed by atoms with Crippen LogP contribution < -0.4 is 0 Å². The molecular formula is C12H18ClN3O. The zero-order valence-electron chi connectivity index (χ0n) is 10.4. The van der Waals surface area contributed by atoms with Crippen molar-refractivity contribution in [2.24, 2.45) is 0 Å². The summed E-state index contributed by atoms with van der Waals surface area (Å²) in [6, 6.07) is 0. The number of halogens is 1. The lowest BCUT2D eigenvalue weighted by atomic mass is 10.1. The van der Waals surface area contributed by atoms with Gasteiger partial charge in [-0.1, -0.05) is 11.6 Å². The van der Waals surface area contributed by atoms with Crippen molar-refractivity contribution in [1.82, 2.24) is 14.7 Å². The maximum Gasteiger partial charge on any atom is 0.146 e. The number of nitrogens with zero attached hydrogens (tertiary/aromatic N) is 3. The van der Waals surface area contributed by atoms with Crippen LogP contribution >= 0.6 is 11.6 Å². The summed E-state index contributed by atoms with van der Waals surface area (Å²) in [7, 11) is 0. The SMILES string of the molecule is CCn1nc(C)c(Cl)c1CN1CCCC(=O)C1. The zero-order valence-corrected chi connectivity index (χ0v) is 11.1. The van der Waals surface area contributed by atoms with E-state index in [9.17, 15) is 4.79 Å². The minimum absolute atomic E-state index is 0.326. The summed E-state index contributed by atoms with van der Waals surface area (Å²) in [6.07, 6.45) is 1.67. The van der Waals surface area contributed by atoms with E-state index in [1.165, 1.54) is 0 Å². The molecule has 0 aliphatic carbocycles. The Hall–Kier alpha value is -0.870. The number of piperidine rings is 1. The smallest absolute Gasteiger partial charge is 0.146 e. The number of ketones is 1. The Morgan fingerprint density at radius 3 is 2.88 bits per heavy atom. The second kappa shape index (κ2) is 5.19. The fourth-order valence-corrected chi connectivity index (χ4v) is 2.47. The highest BCUT2D eigenvalue weighted by Gasteiger charge is 2.20. The molecule has 1 aromatic heterocycles. The molecule has 1 aromatic rings. The predicted molar refractivity (Wildman–Crippen MR) is 67.2 cm³/mol. The highest BCUT2D eigenvalue weighted by atomic mass is 35.5. The molecule has 1 aliphatic heterocycles. The second-order valence-corrected chi connectivity index (χ2v) is 4.89. The molecular weight excluding hydrogens is 238 g/mol. The number of likely N-dealkylation sites (tertiary alicyclic amines) is 1. The summed E-state index contributed by atoms with van der Waals surface area (Å²) in [4.78, 5) is 13.6. The highest BCUT2D eigenvalue weighted by Crippen LogP contribution is 2.22. The fraction of sp³-hybridized carbons (Fsp3) is 0.667. The van der Waals surface area contributed by atoms with Crippen LogP contribution in [0, 0.1) is 6.92 Å². The molecule has 0 saturated carbocycles. The van der Waals surface area contributed by atoms with E-state index in [2.05, 4.69) is 10.00 Å². The normalized spacial score (nSPS) is 17.7. The van der Waals surface area contributed by atoms with Crippen LogP contribution in [0.5, 0.6) is 0 Å². The third-order valence-corrected chi connectivity index (χ3v) is 3.65. The molecule has 0 amide bonds. The Bertz CT molecular complexity index is 428. The number of hydrogen-bond acceptors (Lipinski definition) is 3. The lowest BCUT2D eigenvalue weighted by Crippen LogP contribution is -2.35. The van der Waals surface area contributed by atoms with Crippen molar-refractivity contribution in [3.63, 3.8) is 0 Å². The fourth-order valence-electron chi connectivity index (χ4n) is 2.27. The molecule has 0 atom stereocenters. The van der Waals surface area contributed by atoms with E-state index < -0.39 is 0 Å². The van der Waals surface area contributed by atoms with Crippen LogP contribution in [0.1, 0.15) is 31.2 Å². The number of aromatic nitrogens is 2. The quantitative estimate of drug-likeness (QED) is 0.830. The van der Waals surface area contributed by atoms with Crippen molar-refractivity contribution in [1.29, 1.82) is 0 Å². The van der Waals surface area contributed by atoms with E-state index in [1.807, 2.05) is 18.5 Å². The number of hydrogen-bond donors (Lipinski definition) is 0. The van der Waals surface area contributed by atoms with Gasteiger partial charge in [-0.05, 0) is 26.8 Å². The van der Waals surface area contributed by atoms with E-state index in [4.69, 9.17) is 11.6 Å². The third kappa shape index (κ3) is 2.69. The van der Waals surface area contributed by atoms with Gasteiger partial charge in [0, 0.05) is 19.5 Å². The van der Waals surface area contributed by atoms with Crippen LogP contribution in [0.15, 0.2) is 0 Å². The van der Waals surface area contributed by atoms with Gasteiger partial charge in [0.15, 0.2) is 0 Å². The Morgan fingerprint density at radius 2 is 2.24 bits per heavy atom. The second-order valence-electron chi connectivity index (χ2n) is 4.51. The molecule has 1 fully saturated rings. The standard InChI is InChI=1S/C12H18ClN3O/c1-3-16-11(12(13)9(2)14-16)8-15-6-4-5-10(17)7-15/h3-8H2,1-2H3. The van der Waals surface area contributed by atoms with Crippen LogP contribution in [-0.4, -0.2) is 33.6 Å². The minimum atomic E-state index is 0.326. The maximum atomic E-state index is 11.4. The Kier molecular flexibility index (Phi) is 3.84. The Morgan fingerprint density at radius 1 is 1.47 bits per heavy atom. The first kappa shape index (κ1) is 12.6. The van der Waals surface area contributed by atoms with Gasteiger partial charge in [0.05, 0.1) is 23.0 Å². The Labute approximate surface area is 107 Å². The number of rotatable bonds is 3. The molecule has 4 nitrogen and oxygen atoms in total. The number of carbonyl (C=O) groups is 1. The first-order valence-corrected chi connectivity index (χ1v) is 6.45. The van der Waals surface area contributed by atoms with E-state index in [-0.39, 0.29) is 0 Å². The molecule has 0 spiro atoms. The average Bonchev–Trinajstić information content (AvgIpc) is 2.57. The van der Waals surface area contributed by atoms with Gasteiger partial charge < -0.3 is 0 Å². The van der Waals surface area contributed by atoms with Gasteiger partial charge in [-0.15, -0.1) is 0 Å². The maximum absolute atomic E-state index is 11.4. The van der Waals surface area contributed by atoms with Gasteiger partial charge in [0.2, 0.25) is 0 Å². The van der Waals surface area contributed by atoms with Gasteiger partial charge in [0.25, 0.3) is 0 Å². The van der Waals surface area contributed by atoms with Crippen molar-refractivity contribution in [2.75, 3.05) is 13.1 Å². The topological polar surface area (TPSA) is 38.1 Å².